The van der Waals surface area contributed by atoms with Crippen LogP contribution in [0.4, 0.5) is 0 Å². The van der Waals surface area contributed by atoms with Gasteiger partial charge in [0.05, 0.1) is 4.90 Å². The van der Waals surface area contributed by atoms with E-state index in [1.54, 1.807) is 0 Å². The summed E-state index contributed by atoms with van der Waals surface area (Å²) in [7, 11) is -3.45. The van der Waals surface area contributed by atoms with Crippen molar-refractivity contribution in [3.8, 4) is 0 Å². The Morgan fingerprint density at radius 3 is 2.55 bits per heavy atom. The van der Waals surface area contributed by atoms with Gasteiger partial charge in [0.15, 0.2) is 9.84 Å². The molecule has 0 unspecified atom stereocenters. The van der Waals surface area contributed by atoms with E-state index in [0.29, 0.717) is 5.02 Å². The second-order valence-corrected chi connectivity index (χ2v) is 7.59. The minimum atomic E-state index is -3.45. The normalized spacial score (nSPS) is 15.6. The zero-order chi connectivity index (χ0) is 15.7. The van der Waals surface area contributed by atoms with Crippen LogP contribution in [0.2, 0.25) is 5.02 Å². The molecule has 22 heavy (non-hydrogen) atoms. The SMILES string of the molecule is O=C(Cn1cnnn1)N1CC(S(=O)(=O)c2ccc(Cl)cc2)C1. The summed E-state index contributed by atoms with van der Waals surface area (Å²) >= 11 is 5.76. The summed E-state index contributed by atoms with van der Waals surface area (Å²) in [5, 5.41) is 10.4. The average molecular weight is 342 g/mol. The number of benzene rings is 1. The summed E-state index contributed by atoms with van der Waals surface area (Å²) in [6, 6.07) is 6.02. The van der Waals surface area contributed by atoms with Crippen LogP contribution in [0.15, 0.2) is 35.5 Å². The molecule has 1 aliphatic rings. The van der Waals surface area contributed by atoms with E-state index in [-0.39, 0.29) is 30.4 Å². The van der Waals surface area contributed by atoms with Gasteiger partial charge in [-0.25, -0.2) is 13.1 Å². The molecule has 8 nitrogen and oxygen atoms in total. The van der Waals surface area contributed by atoms with Gasteiger partial charge in [-0.2, -0.15) is 0 Å². The standard InChI is InChI=1S/C12H12ClN5O3S/c13-9-1-3-10(4-2-9)22(20,21)11-5-17(6-11)12(19)7-18-8-14-15-16-18/h1-4,8,11H,5-7H2. The van der Waals surface area contributed by atoms with Gasteiger partial charge in [-0.05, 0) is 34.7 Å². The first kappa shape index (κ1) is 14.9. The van der Waals surface area contributed by atoms with Gasteiger partial charge in [-0.15, -0.1) is 5.10 Å². The summed E-state index contributed by atoms with van der Waals surface area (Å²) in [6.07, 6.45) is 1.33. The van der Waals surface area contributed by atoms with Crippen molar-refractivity contribution in [3.05, 3.63) is 35.6 Å². The van der Waals surface area contributed by atoms with Gasteiger partial charge in [0.25, 0.3) is 0 Å². The van der Waals surface area contributed by atoms with Crippen molar-refractivity contribution in [1.82, 2.24) is 25.1 Å². The molecule has 1 aliphatic heterocycles. The highest BCUT2D eigenvalue weighted by Crippen LogP contribution is 2.25. The first-order valence-corrected chi connectivity index (χ1v) is 8.37. The smallest absolute Gasteiger partial charge is 0.244 e. The van der Waals surface area contributed by atoms with E-state index in [4.69, 9.17) is 11.6 Å². The van der Waals surface area contributed by atoms with Crippen LogP contribution >= 0.6 is 11.6 Å². The van der Waals surface area contributed by atoms with Gasteiger partial charge in [0.1, 0.15) is 18.1 Å². The van der Waals surface area contributed by atoms with E-state index in [9.17, 15) is 13.2 Å². The quantitative estimate of drug-likeness (QED) is 0.777. The fourth-order valence-electron chi connectivity index (χ4n) is 2.15. The molecule has 1 aromatic heterocycles. The summed E-state index contributed by atoms with van der Waals surface area (Å²) in [5.41, 5.74) is 0. The van der Waals surface area contributed by atoms with Crippen molar-refractivity contribution < 1.29 is 13.2 Å². The minimum Gasteiger partial charge on any atom is -0.338 e. The molecule has 1 fully saturated rings. The maximum atomic E-state index is 12.4. The van der Waals surface area contributed by atoms with Crippen LogP contribution in [0.1, 0.15) is 0 Å². The molecule has 0 saturated carbocycles. The summed E-state index contributed by atoms with van der Waals surface area (Å²) in [5.74, 6) is -0.213. The maximum Gasteiger partial charge on any atom is 0.244 e. The lowest BCUT2D eigenvalue weighted by molar-refractivity contribution is -0.135. The summed E-state index contributed by atoms with van der Waals surface area (Å²) in [4.78, 5) is 13.6. The number of sulfone groups is 1. The molecular formula is C12H12ClN5O3S. The zero-order valence-electron chi connectivity index (χ0n) is 11.3. The fraction of sp³-hybridized carbons (Fsp3) is 0.333. The highest BCUT2D eigenvalue weighted by Gasteiger charge is 2.40. The largest absolute Gasteiger partial charge is 0.338 e. The Morgan fingerprint density at radius 1 is 1.27 bits per heavy atom. The Hall–Kier alpha value is -2.00. The topological polar surface area (TPSA) is 98.1 Å². The minimum absolute atomic E-state index is 0.000707. The zero-order valence-corrected chi connectivity index (χ0v) is 12.9. The second kappa shape index (κ2) is 5.65. The molecule has 0 N–H and O–H groups in total. The Balaban J connectivity index is 1.62. The van der Waals surface area contributed by atoms with Crippen LogP contribution in [0, 0.1) is 0 Å². The molecule has 116 valence electrons. The van der Waals surface area contributed by atoms with Crippen LogP contribution in [0.25, 0.3) is 0 Å². The Bertz CT molecular complexity index is 770. The van der Waals surface area contributed by atoms with E-state index in [0.717, 1.165) is 0 Å². The molecule has 10 heteroatoms. The molecular weight excluding hydrogens is 330 g/mol. The van der Waals surface area contributed by atoms with E-state index in [1.807, 2.05) is 0 Å². The van der Waals surface area contributed by atoms with Crippen LogP contribution in [0.3, 0.4) is 0 Å². The van der Waals surface area contributed by atoms with E-state index < -0.39 is 15.1 Å². The maximum absolute atomic E-state index is 12.4. The number of rotatable bonds is 4. The van der Waals surface area contributed by atoms with Crippen LogP contribution in [-0.2, 0) is 21.2 Å². The highest BCUT2D eigenvalue weighted by atomic mass is 35.5. The molecule has 0 spiro atoms. The lowest BCUT2D eigenvalue weighted by Gasteiger charge is -2.38. The third-order valence-corrected chi connectivity index (χ3v) is 5.83. The third kappa shape index (κ3) is 2.81. The highest BCUT2D eigenvalue weighted by molar-refractivity contribution is 7.92. The average Bonchev–Trinajstić information content (AvgIpc) is 2.90. The third-order valence-electron chi connectivity index (χ3n) is 3.47. The van der Waals surface area contributed by atoms with Crippen molar-refractivity contribution in [2.24, 2.45) is 0 Å². The molecule has 1 aromatic carbocycles. The molecule has 0 atom stereocenters. The lowest BCUT2D eigenvalue weighted by Crippen LogP contribution is -2.57. The van der Waals surface area contributed by atoms with Gasteiger partial charge < -0.3 is 4.90 Å². The predicted octanol–water partition coefficient (Wildman–Crippen LogP) is 0.0112. The van der Waals surface area contributed by atoms with Crippen molar-refractivity contribution in [3.63, 3.8) is 0 Å². The van der Waals surface area contributed by atoms with Gasteiger partial charge in [0.2, 0.25) is 5.91 Å². The number of likely N-dealkylation sites (tertiary alicyclic amines) is 1. The first-order valence-electron chi connectivity index (χ1n) is 6.45. The first-order chi connectivity index (χ1) is 10.5. The fourth-order valence-corrected chi connectivity index (χ4v) is 3.92. The van der Waals surface area contributed by atoms with Crippen molar-refractivity contribution >= 4 is 27.3 Å². The van der Waals surface area contributed by atoms with Crippen LogP contribution < -0.4 is 0 Å². The number of hydrogen-bond donors (Lipinski definition) is 0. The molecule has 3 rings (SSSR count). The van der Waals surface area contributed by atoms with Gasteiger partial charge in [-0.1, -0.05) is 11.6 Å². The molecule has 1 saturated heterocycles. The molecule has 2 aromatic rings. The summed E-state index contributed by atoms with van der Waals surface area (Å²) < 4.78 is 26.1. The van der Waals surface area contributed by atoms with Crippen molar-refractivity contribution in [1.29, 1.82) is 0 Å². The molecule has 2 heterocycles. The summed E-state index contributed by atoms with van der Waals surface area (Å²) in [6.45, 7) is 0.346. The van der Waals surface area contributed by atoms with Crippen molar-refractivity contribution in [2.45, 2.75) is 16.7 Å². The van der Waals surface area contributed by atoms with E-state index in [1.165, 1.54) is 40.2 Å². The Morgan fingerprint density at radius 2 is 1.95 bits per heavy atom. The number of carbonyl (C=O) groups excluding carboxylic acids is 1. The molecule has 0 radical (unpaired) electrons. The predicted molar refractivity (Wildman–Crippen MR) is 76.8 cm³/mol. The monoisotopic (exact) mass is 341 g/mol. The number of tetrazole rings is 1. The molecule has 1 amide bonds. The number of hydrogen-bond acceptors (Lipinski definition) is 6. The number of carbonyl (C=O) groups is 1. The second-order valence-electron chi connectivity index (χ2n) is 4.93. The molecule has 0 bridgehead atoms. The van der Waals surface area contributed by atoms with E-state index in [2.05, 4.69) is 15.5 Å². The van der Waals surface area contributed by atoms with Gasteiger partial charge >= 0.3 is 0 Å². The number of nitrogens with zero attached hydrogens (tertiary/aromatic N) is 5. The van der Waals surface area contributed by atoms with Crippen molar-refractivity contribution in [2.75, 3.05) is 13.1 Å². The van der Waals surface area contributed by atoms with Gasteiger partial charge in [-0.3, -0.25) is 4.79 Å². The number of halogens is 1. The Labute approximate surface area is 131 Å². The molecule has 0 aliphatic carbocycles. The lowest BCUT2D eigenvalue weighted by atomic mass is 10.2. The van der Waals surface area contributed by atoms with E-state index >= 15 is 0 Å². The number of aromatic nitrogens is 4. The van der Waals surface area contributed by atoms with Crippen LogP contribution in [0.5, 0.6) is 0 Å². The van der Waals surface area contributed by atoms with Gasteiger partial charge in [0, 0.05) is 18.1 Å². The van der Waals surface area contributed by atoms with Crippen LogP contribution in [-0.4, -0.2) is 57.8 Å². The number of amides is 1. The Kier molecular flexibility index (Phi) is 3.83.